The van der Waals surface area contributed by atoms with Crippen LogP contribution in [0.1, 0.15) is 19.6 Å². The number of amides is 1. The van der Waals surface area contributed by atoms with Gasteiger partial charge in [-0.15, -0.1) is 0 Å². The lowest BCUT2D eigenvalue weighted by molar-refractivity contribution is -0.384. The van der Waals surface area contributed by atoms with Gasteiger partial charge in [0.15, 0.2) is 0 Å². The molecule has 1 saturated heterocycles. The number of methoxy groups -OCH3 is 1. The number of carboxylic acids is 1. The van der Waals surface area contributed by atoms with Gasteiger partial charge >= 0.3 is 5.97 Å². The van der Waals surface area contributed by atoms with Crippen LogP contribution in [0.4, 0.5) is 5.69 Å². The quantitative estimate of drug-likeness (QED) is 0.279. The Morgan fingerprint density at radius 2 is 2.06 bits per heavy atom. The van der Waals surface area contributed by atoms with Crippen molar-refractivity contribution in [1.82, 2.24) is 4.90 Å². The second-order valence-electron chi connectivity index (χ2n) is 6.92. The number of carbonyl (C=O) groups excluding carboxylic acids is 1. The van der Waals surface area contributed by atoms with Crippen LogP contribution in [-0.2, 0) is 9.59 Å². The number of hydrogen-bond donors (Lipinski definition) is 1. The molecule has 0 radical (unpaired) electrons. The van der Waals surface area contributed by atoms with Gasteiger partial charge in [-0.25, -0.2) is 4.79 Å². The van der Waals surface area contributed by atoms with E-state index in [1.807, 2.05) is 0 Å². The van der Waals surface area contributed by atoms with Crippen LogP contribution in [0.25, 0.3) is 17.4 Å². The number of thiocarbonyl (C=S) groups is 1. The third-order valence-corrected chi connectivity index (χ3v) is 5.88. The summed E-state index contributed by atoms with van der Waals surface area (Å²) in [4.78, 5) is 36.6. The molecule has 1 unspecified atom stereocenters. The molecule has 0 aliphatic carbocycles. The van der Waals surface area contributed by atoms with E-state index in [2.05, 4.69) is 0 Å². The van der Waals surface area contributed by atoms with Crippen LogP contribution in [0.2, 0.25) is 0 Å². The molecule has 1 amide bonds. The Morgan fingerprint density at radius 1 is 1.35 bits per heavy atom. The van der Waals surface area contributed by atoms with E-state index >= 15 is 0 Å². The molecular weight excluding hydrogens is 444 g/mol. The Morgan fingerprint density at radius 3 is 2.65 bits per heavy atom. The first-order chi connectivity index (χ1) is 14.6. The zero-order valence-electron chi connectivity index (χ0n) is 16.7. The van der Waals surface area contributed by atoms with Crippen LogP contribution >= 0.6 is 24.0 Å². The first-order valence-corrected chi connectivity index (χ1v) is 10.3. The van der Waals surface area contributed by atoms with Crippen molar-refractivity contribution in [3.63, 3.8) is 0 Å². The summed E-state index contributed by atoms with van der Waals surface area (Å²) in [5.41, 5.74) is 0.0663. The summed E-state index contributed by atoms with van der Waals surface area (Å²) < 4.78 is 10.9. The van der Waals surface area contributed by atoms with Crippen LogP contribution in [-0.4, -0.2) is 44.3 Å². The first-order valence-electron chi connectivity index (χ1n) is 9.06. The van der Waals surface area contributed by atoms with E-state index in [1.54, 1.807) is 32.0 Å². The van der Waals surface area contributed by atoms with E-state index in [1.165, 1.54) is 25.3 Å². The number of carboxylic acid groups (broad SMARTS) is 1. The molecule has 1 fully saturated rings. The van der Waals surface area contributed by atoms with Gasteiger partial charge < -0.3 is 14.3 Å². The molecule has 2 aromatic rings. The molecule has 2 heterocycles. The summed E-state index contributed by atoms with van der Waals surface area (Å²) in [6.07, 6.45) is 1.44. The molecule has 1 aliphatic rings. The van der Waals surface area contributed by atoms with E-state index in [4.69, 9.17) is 21.4 Å². The summed E-state index contributed by atoms with van der Waals surface area (Å²) in [6.45, 7) is 3.39. The van der Waals surface area contributed by atoms with Crippen molar-refractivity contribution >= 4 is 51.9 Å². The van der Waals surface area contributed by atoms with Crippen LogP contribution < -0.4 is 4.74 Å². The summed E-state index contributed by atoms with van der Waals surface area (Å²) in [5, 5.41) is 20.9. The van der Waals surface area contributed by atoms with Crippen LogP contribution in [0, 0.1) is 16.0 Å². The van der Waals surface area contributed by atoms with E-state index in [-0.39, 0.29) is 37.9 Å². The van der Waals surface area contributed by atoms with Crippen molar-refractivity contribution in [3.8, 4) is 17.1 Å². The number of benzene rings is 1. The molecule has 1 aromatic heterocycles. The summed E-state index contributed by atoms with van der Waals surface area (Å²) >= 11 is 6.20. The minimum absolute atomic E-state index is 0.148. The molecule has 31 heavy (non-hydrogen) atoms. The average Bonchev–Trinajstić information content (AvgIpc) is 3.27. The second-order valence-corrected chi connectivity index (χ2v) is 8.60. The number of thioether (sulfide) groups is 1. The molecule has 11 heteroatoms. The highest BCUT2D eigenvalue weighted by Crippen LogP contribution is 2.38. The standard InChI is InChI=1S/C20H18N2O7S2/c1-10(2)17(19(24)25)21-18(23)16(31-20(21)30)9-12-5-7-15(29-12)13-6-4-11(28-3)8-14(13)22(26)27/h4-10,17H,1-3H3,(H,24,25). The van der Waals surface area contributed by atoms with Gasteiger partial charge in [0.05, 0.1) is 28.6 Å². The van der Waals surface area contributed by atoms with Crippen molar-refractivity contribution < 1.29 is 28.8 Å². The smallest absolute Gasteiger partial charge is 0.327 e. The lowest BCUT2D eigenvalue weighted by atomic mass is 10.0. The Hall–Kier alpha value is -3.18. The highest BCUT2D eigenvalue weighted by molar-refractivity contribution is 8.26. The van der Waals surface area contributed by atoms with E-state index in [9.17, 15) is 24.8 Å². The van der Waals surface area contributed by atoms with Gasteiger partial charge in [0.1, 0.15) is 27.6 Å². The highest BCUT2D eigenvalue weighted by atomic mass is 32.2. The maximum absolute atomic E-state index is 12.8. The number of hydrogen-bond acceptors (Lipinski definition) is 8. The summed E-state index contributed by atoms with van der Waals surface area (Å²) in [5.74, 6) is -1.16. The third kappa shape index (κ3) is 4.47. The molecular formula is C20H18N2O7S2. The highest BCUT2D eigenvalue weighted by Gasteiger charge is 2.42. The average molecular weight is 463 g/mol. The molecule has 1 N–H and O–H groups in total. The zero-order chi connectivity index (χ0) is 22.9. The number of ether oxygens (including phenoxy) is 1. The molecule has 0 bridgehead atoms. The Labute approximate surface area is 186 Å². The topological polar surface area (TPSA) is 123 Å². The molecule has 0 saturated carbocycles. The van der Waals surface area contributed by atoms with Crippen molar-refractivity contribution in [1.29, 1.82) is 0 Å². The predicted molar refractivity (Wildman–Crippen MR) is 119 cm³/mol. The fourth-order valence-corrected chi connectivity index (χ4v) is 4.43. The molecule has 0 spiro atoms. The normalized spacial score (nSPS) is 16.3. The monoisotopic (exact) mass is 462 g/mol. The molecule has 1 atom stereocenters. The lowest BCUT2D eigenvalue weighted by Crippen LogP contribution is -2.47. The molecule has 9 nitrogen and oxygen atoms in total. The molecule has 1 aliphatic heterocycles. The number of carbonyl (C=O) groups is 2. The van der Waals surface area contributed by atoms with Gasteiger partial charge in [0.25, 0.3) is 11.6 Å². The largest absolute Gasteiger partial charge is 0.497 e. The fraction of sp³-hybridized carbons (Fsp3) is 0.250. The van der Waals surface area contributed by atoms with Crippen molar-refractivity contribution in [2.45, 2.75) is 19.9 Å². The van der Waals surface area contributed by atoms with Crippen LogP contribution in [0.5, 0.6) is 5.75 Å². The number of aliphatic carboxylic acids is 1. The van der Waals surface area contributed by atoms with Crippen molar-refractivity contribution in [2.75, 3.05) is 7.11 Å². The minimum Gasteiger partial charge on any atom is -0.497 e. The maximum atomic E-state index is 12.8. The Kier molecular flexibility index (Phi) is 6.46. The van der Waals surface area contributed by atoms with Crippen LogP contribution in [0.3, 0.4) is 0 Å². The maximum Gasteiger partial charge on any atom is 0.327 e. The molecule has 1 aromatic carbocycles. The number of nitrogens with zero attached hydrogens (tertiary/aromatic N) is 2. The van der Waals surface area contributed by atoms with E-state index in [0.717, 1.165) is 16.7 Å². The minimum atomic E-state index is -1.14. The Balaban J connectivity index is 1.93. The van der Waals surface area contributed by atoms with Gasteiger partial charge in [-0.1, -0.05) is 37.8 Å². The van der Waals surface area contributed by atoms with Crippen molar-refractivity contribution in [3.05, 3.63) is 51.1 Å². The zero-order valence-corrected chi connectivity index (χ0v) is 18.4. The number of rotatable bonds is 7. The van der Waals surface area contributed by atoms with Gasteiger partial charge in [-0.3, -0.25) is 19.8 Å². The third-order valence-electron chi connectivity index (χ3n) is 4.55. The number of nitro groups is 1. The van der Waals surface area contributed by atoms with Gasteiger partial charge in [0, 0.05) is 6.08 Å². The van der Waals surface area contributed by atoms with E-state index < -0.39 is 22.8 Å². The van der Waals surface area contributed by atoms with E-state index in [0.29, 0.717) is 5.75 Å². The first kappa shape index (κ1) is 22.5. The number of furan rings is 1. The van der Waals surface area contributed by atoms with Gasteiger partial charge in [-0.05, 0) is 30.2 Å². The Bertz CT molecular complexity index is 1110. The summed E-state index contributed by atoms with van der Waals surface area (Å²) in [7, 11) is 1.41. The lowest BCUT2D eigenvalue weighted by Gasteiger charge is -2.26. The van der Waals surface area contributed by atoms with Crippen LogP contribution in [0.15, 0.2) is 39.7 Å². The van der Waals surface area contributed by atoms with Crippen molar-refractivity contribution in [2.24, 2.45) is 5.92 Å². The second kappa shape index (κ2) is 8.90. The van der Waals surface area contributed by atoms with Gasteiger partial charge in [-0.2, -0.15) is 0 Å². The SMILES string of the molecule is COc1ccc(-c2ccc(C=C3SC(=S)N(C(C(=O)O)C(C)C)C3=O)o2)c([N+](=O)[O-])c1. The predicted octanol–water partition coefficient (Wildman–Crippen LogP) is 4.17. The molecule has 162 valence electrons. The number of nitro benzene ring substituents is 1. The summed E-state index contributed by atoms with van der Waals surface area (Å²) in [6, 6.07) is 6.42. The molecule has 3 rings (SSSR count). The fourth-order valence-electron chi connectivity index (χ4n) is 3.12. The van der Waals surface area contributed by atoms with Gasteiger partial charge in [0.2, 0.25) is 0 Å².